The highest BCUT2D eigenvalue weighted by Gasteiger charge is 2.27. The molecule has 6 nitrogen and oxygen atoms in total. The lowest BCUT2D eigenvalue weighted by molar-refractivity contribution is 0.0695. The van der Waals surface area contributed by atoms with Crippen molar-refractivity contribution >= 4 is 31.9 Å². The minimum atomic E-state index is -3.83. The molecule has 0 amide bonds. The number of carbonyl (C=O) groups is 1. The Bertz CT molecular complexity index is 612. The van der Waals surface area contributed by atoms with Crippen molar-refractivity contribution in [1.29, 1.82) is 0 Å². The fraction of sp³-hybridized carbons (Fsp3) is 0.417. The predicted octanol–water partition coefficient (Wildman–Crippen LogP) is 1.85. The van der Waals surface area contributed by atoms with Crippen LogP contribution in [0.15, 0.2) is 27.6 Å². The van der Waals surface area contributed by atoms with Crippen molar-refractivity contribution in [3.8, 4) is 0 Å². The number of hydrogen-bond acceptors (Lipinski definition) is 4. The Balaban J connectivity index is 3.17. The molecule has 0 aliphatic carbocycles. The first kappa shape index (κ1) is 17.1. The molecule has 0 aliphatic heterocycles. The maximum absolute atomic E-state index is 12.2. The molecule has 0 atom stereocenters. The maximum Gasteiger partial charge on any atom is 0.336 e. The summed E-state index contributed by atoms with van der Waals surface area (Å²) >= 11 is 3.07. The van der Waals surface area contributed by atoms with E-state index in [0.29, 0.717) is 4.47 Å². The third-order valence-electron chi connectivity index (χ3n) is 2.39. The number of rotatable bonds is 6. The fourth-order valence-electron chi connectivity index (χ4n) is 1.65. The summed E-state index contributed by atoms with van der Waals surface area (Å²) in [5, 5.41) is 9.01. The van der Waals surface area contributed by atoms with E-state index in [-0.39, 0.29) is 17.1 Å². The largest absolute Gasteiger partial charge is 0.478 e. The average Bonchev–Trinajstić information content (AvgIpc) is 2.26. The Labute approximate surface area is 126 Å². The number of benzene rings is 1. The summed E-state index contributed by atoms with van der Waals surface area (Å²) in [6, 6.07) is 3.83. The lowest BCUT2D eigenvalue weighted by atomic mass is 10.1. The van der Waals surface area contributed by atoms with Crippen LogP contribution in [-0.4, -0.2) is 38.7 Å². The zero-order chi connectivity index (χ0) is 15.6. The predicted molar refractivity (Wildman–Crippen MR) is 77.4 cm³/mol. The van der Waals surface area contributed by atoms with Crippen molar-refractivity contribution in [2.75, 3.05) is 13.7 Å². The van der Waals surface area contributed by atoms with Crippen LogP contribution in [0.4, 0.5) is 0 Å². The van der Waals surface area contributed by atoms with E-state index in [1.165, 1.54) is 19.2 Å². The van der Waals surface area contributed by atoms with E-state index >= 15 is 0 Å². The quantitative estimate of drug-likeness (QED) is 0.802. The molecule has 8 heteroatoms. The van der Waals surface area contributed by atoms with E-state index in [1.807, 2.05) is 0 Å². The van der Waals surface area contributed by atoms with Gasteiger partial charge < -0.3 is 9.84 Å². The Hall–Kier alpha value is -0.960. The Morgan fingerprint density at radius 3 is 2.55 bits per heavy atom. The number of carboxylic acid groups (broad SMARTS) is 1. The van der Waals surface area contributed by atoms with Crippen LogP contribution in [0.25, 0.3) is 0 Å². The molecule has 0 bridgehead atoms. The molecule has 0 aromatic heterocycles. The standard InChI is InChI=1S/C12H16BrNO5S/c1-12(2,7-19-3)14-20(17,18)8-4-5-10(13)9(6-8)11(15)16/h4-6,14H,7H2,1-3H3,(H,15,16). The molecule has 1 aromatic carbocycles. The van der Waals surface area contributed by atoms with E-state index in [1.54, 1.807) is 13.8 Å². The van der Waals surface area contributed by atoms with Gasteiger partial charge in [-0.05, 0) is 48.0 Å². The molecular formula is C12H16BrNO5S. The van der Waals surface area contributed by atoms with E-state index in [0.717, 1.165) is 6.07 Å². The van der Waals surface area contributed by atoms with Crippen molar-refractivity contribution < 1.29 is 23.1 Å². The van der Waals surface area contributed by atoms with E-state index < -0.39 is 21.5 Å². The molecule has 112 valence electrons. The number of aromatic carboxylic acids is 1. The number of halogens is 1. The summed E-state index contributed by atoms with van der Waals surface area (Å²) in [4.78, 5) is 10.9. The van der Waals surface area contributed by atoms with Gasteiger partial charge in [0.25, 0.3) is 0 Å². The van der Waals surface area contributed by atoms with Gasteiger partial charge in [-0.25, -0.2) is 17.9 Å². The van der Waals surface area contributed by atoms with Gasteiger partial charge in [-0.15, -0.1) is 0 Å². The summed E-state index contributed by atoms with van der Waals surface area (Å²) in [5.41, 5.74) is -0.915. The smallest absolute Gasteiger partial charge is 0.336 e. The highest BCUT2D eigenvalue weighted by molar-refractivity contribution is 9.10. The number of methoxy groups -OCH3 is 1. The topological polar surface area (TPSA) is 92.7 Å². The number of carboxylic acids is 1. The van der Waals surface area contributed by atoms with Crippen LogP contribution in [0.1, 0.15) is 24.2 Å². The van der Waals surface area contributed by atoms with E-state index in [2.05, 4.69) is 20.7 Å². The van der Waals surface area contributed by atoms with Gasteiger partial charge >= 0.3 is 5.97 Å². The van der Waals surface area contributed by atoms with Crippen LogP contribution in [0.2, 0.25) is 0 Å². The second-order valence-corrected chi connectivity index (χ2v) is 7.41. The molecule has 1 rings (SSSR count). The van der Waals surface area contributed by atoms with Crippen molar-refractivity contribution in [2.45, 2.75) is 24.3 Å². The summed E-state index contributed by atoms with van der Waals surface area (Å²) in [6.45, 7) is 3.53. The molecule has 0 spiro atoms. The lowest BCUT2D eigenvalue weighted by Gasteiger charge is -2.25. The summed E-state index contributed by atoms with van der Waals surface area (Å²) in [5.74, 6) is -1.20. The summed E-state index contributed by atoms with van der Waals surface area (Å²) in [7, 11) is -2.36. The normalized spacial score (nSPS) is 12.4. The monoisotopic (exact) mass is 365 g/mol. The Morgan fingerprint density at radius 2 is 2.05 bits per heavy atom. The van der Waals surface area contributed by atoms with Crippen LogP contribution in [0.3, 0.4) is 0 Å². The second-order valence-electron chi connectivity index (χ2n) is 4.87. The van der Waals surface area contributed by atoms with Gasteiger partial charge in [0.15, 0.2) is 0 Å². The van der Waals surface area contributed by atoms with Crippen LogP contribution >= 0.6 is 15.9 Å². The van der Waals surface area contributed by atoms with Crippen LogP contribution in [0, 0.1) is 0 Å². The van der Waals surface area contributed by atoms with Gasteiger partial charge in [-0.2, -0.15) is 0 Å². The molecule has 0 fully saturated rings. The number of nitrogens with one attached hydrogen (secondary N) is 1. The zero-order valence-electron chi connectivity index (χ0n) is 11.3. The zero-order valence-corrected chi connectivity index (χ0v) is 13.7. The van der Waals surface area contributed by atoms with E-state index in [4.69, 9.17) is 9.84 Å². The number of hydrogen-bond donors (Lipinski definition) is 2. The van der Waals surface area contributed by atoms with E-state index in [9.17, 15) is 13.2 Å². The number of sulfonamides is 1. The van der Waals surface area contributed by atoms with Crippen LogP contribution in [-0.2, 0) is 14.8 Å². The van der Waals surface area contributed by atoms with Gasteiger partial charge in [0.05, 0.1) is 22.6 Å². The van der Waals surface area contributed by atoms with Gasteiger partial charge in [0.2, 0.25) is 10.0 Å². The number of ether oxygens (including phenoxy) is 1. The summed E-state index contributed by atoms with van der Waals surface area (Å²) < 4.78 is 32.2. The molecule has 0 radical (unpaired) electrons. The van der Waals surface area contributed by atoms with Crippen LogP contribution in [0.5, 0.6) is 0 Å². The molecule has 2 N–H and O–H groups in total. The first-order valence-electron chi connectivity index (χ1n) is 5.65. The molecule has 0 heterocycles. The lowest BCUT2D eigenvalue weighted by Crippen LogP contribution is -2.46. The molecular weight excluding hydrogens is 350 g/mol. The van der Waals surface area contributed by atoms with Gasteiger partial charge in [-0.3, -0.25) is 0 Å². The minimum Gasteiger partial charge on any atom is -0.478 e. The fourth-order valence-corrected chi connectivity index (χ4v) is 3.49. The Kier molecular flexibility index (Phi) is 5.31. The highest BCUT2D eigenvalue weighted by atomic mass is 79.9. The minimum absolute atomic E-state index is 0.109. The van der Waals surface area contributed by atoms with Gasteiger partial charge in [-0.1, -0.05) is 0 Å². The first-order chi connectivity index (χ1) is 9.09. The molecule has 1 aromatic rings. The second kappa shape index (κ2) is 6.21. The molecule has 0 saturated carbocycles. The van der Waals surface area contributed by atoms with Gasteiger partial charge in [0, 0.05) is 11.6 Å². The van der Waals surface area contributed by atoms with Crippen molar-refractivity contribution in [3.63, 3.8) is 0 Å². The van der Waals surface area contributed by atoms with Crippen molar-refractivity contribution in [2.24, 2.45) is 0 Å². The Morgan fingerprint density at radius 1 is 1.45 bits per heavy atom. The van der Waals surface area contributed by atoms with Crippen molar-refractivity contribution in [1.82, 2.24) is 4.72 Å². The first-order valence-corrected chi connectivity index (χ1v) is 7.92. The maximum atomic E-state index is 12.2. The molecule has 0 aliphatic rings. The third-order valence-corrected chi connectivity index (χ3v) is 4.78. The summed E-state index contributed by atoms with van der Waals surface area (Å²) in [6.07, 6.45) is 0. The third kappa shape index (κ3) is 4.27. The van der Waals surface area contributed by atoms with Crippen LogP contribution < -0.4 is 4.72 Å². The van der Waals surface area contributed by atoms with Gasteiger partial charge in [0.1, 0.15) is 0 Å². The SMILES string of the molecule is COCC(C)(C)NS(=O)(=O)c1ccc(Br)c(C(=O)O)c1. The molecule has 0 saturated heterocycles. The van der Waals surface area contributed by atoms with Crippen molar-refractivity contribution in [3.05, 3.63) is 28.2 Å². The average molecular weight is 366 g/mol. The molecule has 20 heavy (non-hydrogen) atoms. The molecule has 0 unspecified atom stereocenters. The highest BCUT2D eigenvalue weighted by Crippen LogP contribution is 2.22.